The fraction of sp³-hybridized carbons (Fsp3) is 0.286. The minimum absolute atomic E-state index is 0.645. The van der Waals surface area contributed by atoms with Gasteiger partial charge < -0.3 is 5.32 Å². The van der Waals surface area contributed by atoms with Crippen molar-refractivity contribution >= 4 is 5.82 Å². The fourth-order valence-corrected chi connectivity index (χ4v) is 3.50. The van der Waals surface area contributed by atoms with E-state index in [1.54, 1.807) is 0 Å². The van der Waals surface area contributed by atoms with E-state index in [4.69, 9.17) is 5.10 Å². The Kier molecular flexibility index (Phi) is 4.42. The zero-order chi connectivity index (χ0) is 19.0. The van der Waals surface area contributed by atoms with Crippen molar-refractivity contribution in [2.45, 2.75) is 32.4 Å². The van der Waals surface area contributed by atoms with Crippen molar-refractivity contribution in [3.8, 4) is 16.9 Å². The Morgan fingerprint density at radius 3 is 2.52 bits per heavy atom. The van der Waals surface area contributed by atoms with Crippen molar-refractivity contribution in [2.24, 2.45) is 0 Å². The Balaban J connectivity index is 1.84. The summed E-state index contributed by atoms with van der Waals surface area (Å²) in [6.07, 6.45) is -1.41. The van der Waals surface area contributed by atoms with E-state index in [0.717, 1.165) is 66.3 Å². The van der Waals surface area contributed by atoms with Crippen LogP contribution in [0, 0.1) is 6.92 Å². The summed E-state index contributed by atoms with van der Waals surface area (Å²) in [5, 5.41) is 8.24. The number of aryl methyl sites for hydroxylation is 1. The Labute approximate surface area is 155 Å². The number of alkyl halides is 3. The topological polar surface area (TPSA) is 29.9 Å². The average molecular weight is 371 g/mol. The molecular formula is C21H20F3N3. The van der Waals surface area contributed by atoms with Crippen LogP contribution in [0.4, 0.5) is 19.0 Å². The van der Waals surface area contributed by atoms with E-state index in [1.165, 1.54) is 12.1 Å². The van der Waals surface area contributed by atoms with Crippen molar-refractivity contribution in [3.05, 3.63) is 65.2 Å². The minimum Gasteiger partial charge on any atom is -0.370 e. The van der Waals surface area contributed by atoms with Crippen LogP contribution in [0.15, 0.2) is 48.5 Å². The van der Waals surface area contributed by atoms with Crippen LogP contribution in [0.25, 0.3) is 16.9 Å². The van der Waals surface area contributed by atoms with Gasteiger partial charge in [-0.3, -0.25) is 0 Å². The number of anilines is 1. The molecule has 1 aliphatic heterocycles. The third-order valence-corrected chi connectivity index (χ3v) is 4.86. The normalized spacial score (nSPS) is 14.4. The lowest BCUT2D eigenvalue weighted by atomic mass is 10.0. The van der Waals surface area contributed by atoms with E-state index in [1.807, 2.05) is 29.8 Å². The minimum atomic E-state index is -4.34. The van der Waals surface area contributed by atoms with Gasteiger partial charge in [0.05, 0.1) is 16.9 Å². The lowest BCUT2D eigenvalue weighted by molar-refractivity contribution is -0.137. The molecule has 0 aliphatic carbocycles. The zero-order valence-electron chi connectivity index (χ0n) is 15.0. The smallest absolute Gasteiger partial charge is 0.370 e. The Bertz CT molecular complexity index is 956. The van der Waals surface area contributed by atoms with Crippen LogP contribution in [-0.2, 0) is 12.6 Å². The molecule has 1 N–H and O–H groups in total. The summed E-state index contributed by atoms with van der Waals surface area (Å²) >= 11 is 0. The molecule has 1 aliphatic rings. The molecule has 2 heterocycles. The first-order valence-electron chi connectivity index (χ1n) is 9.04. The molecule has 0 saturated heterocycles. The maximum absolute atomic E-state index is 12.9. The molecule has 0 bridgehead atoms. The zero-order valence-corrected chi connectivity index (χ0v) is 15.0. The monoisotopic (exact) mass is 371 g/mol. The van der Waals surface area contributed by atoms with Gasteiger partial charge in [0.15, 0.2) is 0 Å². The van der Waals surface area contributed by atoms with Gasteiger partial charge in [0.2, 0.25) is 0 Å². The van der Waals surface area contributed by atoms with Gasteiger partial charge in [-0.15, -0.1) is 0 Å². The highest BCUT2D eigenvalue weighted by Gasteiger charge is 2.30. The van der Waals surface area contributed by atoms with Crippen molar-refractivity contribution in [3.63, 3.8) is 0 Å². The van der Waals surface area contributed by atoms with Crippen LogP contribution in [0.5, 0.6) is 0 Å². The number of nitrogens with zero attached hydrogens (tertiary/aromatic N) is 2. The SMILES string of the molecule is Cc1cccc(-n2nc(-c3ccc(C(F)(F)F)cc3)c3c2NCCCC3)c1. The summed E-state index contributed by atoms with van der Waals surface area (Å²) in [4.78, 5) is 0. The Morgan fingerprint density at radius 2 is 1.81 bits per heavy atom. The standard InChI is InChI=1S/C21H20F3N3/c1-14-5-4-6-17(13-14)27-20-18(7-2-3-12-25-20)19(26-27)15-8-10-16(11-9-15)21(22,23)24/h4-6,8-11,13,25H,2-3,7,12H2,1H3. The van der Waals surface area contributed by atoms with Crippen LogP contribution in [-0.4, -0.2) is 16.3 Å². The van der Waals surface area contributed by atoms with Crippen LogP contribution in [0.1, 0.15) is 29.5 Å². The van der Waals surface area contributed by atoms with Crippen LogP contribution < -0.4 is 5.32 Å². The molecule has 27 heavy (non-hydrogen) atoms. The van der Waals surface area contributed by atoms with Crippen LogP contribution in [0.3, 0.4) is 0 Å². The van der Waals surface area contributed by atoms with E-state index in [0.29, 0.717) is 5.56 Å². The number of hydrogen-bond donors (Lipinski definition) is 1. The van der Waals surface area contributed by atoms with E-state index >= 15 is 0 Å². The van der Waals surface area contributed by atoms with Gasteiger partial charge in [0.1, 0.15) is 5.82 Å². The average Bonchev–Trinajstić information content (AvgIpc) is 2.82. The van der Waals surface area contributed by atoms with E-state index in [-0.39, 0.29) is 0 Å². The van der Waals surface area contributed by atoms with Crippen LogP contribution in [0.2, 0.25) is 0 Å². The molecule has 4 rings (SSSR count). The molecule has 1 aromatic heterocycles. The first-order chi connectivity index (χ1) is 12.9. The third kappa shape index (κ3) is 3.44. The maximum atomic E-state index is 12.9. The number of halogens is 3. The predicted molar refractivity (Wildman–Crippen MR) is 100 cm³/mol. The molecule has 0 fully saturated rings. The number of nitrogens with one attached hydrogen (secondary N) is 1. The van der Waals surface area contributed by atoms with Crippen molar-refractivity contribution in [2.75, 3.05) is 11.9 Å². The van der Waals surface area contributed by atoms with Gasteiger partial charge >= 0.3 is 6.18 Å². The second-order valence-corrected chi connectivity index (χ2v) is 6.89. The largest absolute Gasteiger partial charge is 0.416 e. The van der Waals surface area contributed by atoms with Gasteiger partial charge in [-0.2, -0.15) is 18.3 Å². The highest BCUT2D eigenvalue weighted by molar-refractivity contribution is 5.71. The fourth-order valence-electron chi connectivity index (χ4n) is 3.50. The van der Waals surface area contributed by atoms with E-state index in [9.17, 15) is 13.2 Å². The van der Waals surface area contributed by atoms with Gasteiger partial charge in [0.25, 0.3) is 0 Å². The molecule has 0 saturated carbocycles. The van der Waals surface area contributed by atoms with Gasteiger partial charge in [-0.25, -0.2) is 4.68 Å². The molecule has 6 heteroatoms. The van der Waals surface area contributed by atoms with E-state index < -0.39 is 11.7 Å². The second-order valence-electron chi connectivity index (χ2n) is 6.89. The molecule has 3 nitrogen and oxygen atoms in total. The number of hydrogen-bond acceptors (Lipinski definition) is 2. The van der Waals surface area contributed by atoms with E-state index in [2.05, 4.69) is 11.4 Å². The van der Waals surface area contributed by atoms with Crippen LogP contribution >= 0.6 is 0 Å². The highest BCUT2D eigenvalue weighted by Crippen LogP contribution is 2.36. The molecule has 0 atom stereocenters. The number of benzene rings is 2. The lowest BCUT2D eigenvalue weighted by Crippen LogP contribution is -2.07. The van der Waals surface area contributed by atoms with Gasteiger partial charge in [-0.05, 0) is 56.0 Å². The third-order valence-electron chi connectivity index (χ3n) is 4.86. The van der Waals surface area contributed by atoms with Crippen molar-refractivity contribution in [1.29, 1.82) is 0 Å². The van der Waals surface area contributed by atoms with Crippen molar-refractivity contribution < 1.29 is 13.2 Å². The summed E-state index contributed by atoms with van der Waals surface area (Å²) in [6.45, 7) is 2.88. The summed E-state index contributed by atoms with van der Waals surface area (Å²) < 4.78 is 40.5. The Hall–Kier alpha value is -2.76. The first kappa shape index (κ1) is 17.6. The second kappa shape index (κ2) is 6.76. The molecule has 0 unspecified atom stereocenters. The molecule has 3 aromatic rings. The van der Waals surface area contributed by atoms with Gasteiger partial charge in [-0.1, -0.05) is 24.3 Å². The first-order valence-corrected chi connectivity index (χ1v) is 9.04. The maximum Gasteiger partial charge on any atom is 0.416 e. The summed E-state index contributed by atoms with van der Waals surface area (Å²) in [7, 11) is 0. The number of aromatic nitrogens is 2. The molecule has 140 valence electrons. The van der Waals surface area contributed by atoms with Crippen molar-refractivity contribution in [1.82, 2.24) is 9.78 Å². The lowest BCUT2D eigenvalue weighted by Gasteiger charge is -2.09. The molecule has 0 amide bonds. The predicted octanol–water partition coefficient (Wildman–Crippen LogP) is 5.61. The summed E-state index contributed by atoms with van der Waals surface area (Å²) in [5.74, 6) is 0.938. The molecular weight excluding hydrogens is 351 g/mol. The number of rotatable bonds is 2. The molecule has 0 spiro atoms. The highest BCUT2D eigenvalue weighted by atomic mass is 19.4. The summed E-state index contributed by atoms with van der Waals surface area (Å²) in [5.41, 5.74) is 3.94. The summed E-state index contributed by atoms with van der Waals surface area (Å²) in [6, 6.07) is 13.3. The molecule has 0 radical (unpaired) electrons. The Morgan fingerprint density at radius 1 is 1.04 bits per heavy atom. The quantitative estimate of drug-likeness (QED) is 0.634. The van der Waals surface area contributed by atoms with Gasteiger partial charge in [0, 0.05) is 17.7 Å². The number of fused-ring (bicyclic) bond motifs is 1. The molecule has 2 aromatic carbocycles.